The Morgan fingerprint density at radius 1 is 1.04 bits per heavy atom. The number of amides is 2. The SMILES string of the molecule is COc1ccc(S(=O)(=O)Oc2cccc(/C=C3\SC(=O)NC3=O)c2)cc1. The summed E-state index contributed by atoms with van der Waals surface area (Å²) in [6.45, 7) is 0. The quantitative estimate of drug-likeness (QED) is 0.618. The van der Waals surface area contributed by atoms with Crippen molar-refractivity contribution in [2.75, 3.05) is 7.11 Å². The van der Waals surface area contributed by atoms with E-state index in [2.05, 4.69) is 5.32 Å². The molecule has 1 N–H and O–H groups in total. The van der Waals surface area contributed by atoms with Crippen LogP contribution in [0.3, 0.4) is 0 Å². The number of rotatable bonds is 5. The van der Waals surface area contributed by atoms with Gasteiger partial charge in [-0.05, 0) is 59.8 Å². The molecule has 134 valence electrons. The first-order valence-corrected chi connectivity index (χ1v) is 9.53. The largest absolute Gasteiger partial charge is 0.497 e. The van der Waals surface area contributed by atoms with Gasteiger partial charge in [0.15, 0.2) is 0 Å². The van der Waals surface area contributed by atoms with Gasteiger partial charge in [-0.25, -0.2) is 0 Å². The summed E-state index contributed by atoms with van der Waals surface area (Å²) in [4.78, 5) is 23.0. The molecular weight excluding hydrogens is 378 g/mol. The van der Waals surface area contributed by atoms with Gasteiger partial charge in [0, 0.05) is 0 Å². The van der Waals surface area contributed by atoms with Crippen LogP contribution in [0, 0.1) is 0 Å². The van der Waals surface area contributed by atoms with Gasteiger partial charge in [0.05, 0.1) is 12.0 Å². The summed E-state index contributed by atoms with van der Waals surface area (Å²) in [6.07, 6.45) is 1.48. The average molecular weight is 391 g/mol. The van der Waals surface area contributed by atoms with E-state index in [9.17, 15) is 18.0 Å². The van der Waals surface area contributed by atoms with Gasteiger partial charge in [-0.2, -0.15) is 8.42 Å². The first-order valence-electron chi connectivity index (χ1n) is 7.31. The zero-order chi connectivity index (χ0) is 18.7. The van der Waals surface area contributed by atoms with Crippen LogP contribution in [-0.4, -0.2) is 26.7 Å². The number of benzene rings is 2. The predicted octanol–water partition coefficient (Wildman–Crippen LogP) is 2.79. The number of ether oxygens (including phenoxy) is 1. The number of thioether (sulfide) groups is 1. The molecule has 1 saturated heterocycles. The Labute approximate surface area is 154 Å². The monoisotopic (exact) mass is 391 g/mol. The molecule has 2 amide bonds. The van der Waals surface area contributed by atoms with Crippen LogP contribution >= 0.6 is 11.8 Å². The normalized spacial score (nSPS) is 15.8. The van der Waals surface area contributed by atoms with E-state index in [1.807, 2.05) is 0 Å². The number of hydrogen-bond acceptors (Lipinski definition) is 7. The van der Waals surface area contributed by atoms with Crippen molar-refractivity contribution in [1.82, 2.24) is 5.32 Å². The van der Waals surface area contributed by atoms with Crippen LogP contribution in [0.1, 0.15) is 5.56 Å². The van der Waals surface area contributed by atoms with E-state index in [0.717, 1.165) is 11.8 Å². The Morgan fingerprint density at radius 3 is 2.38 bits per heavy atom. The van der Waals surface area contributed by atoms with Crippen LogP contribution in [0.15, 0.2) is 58.3 Å². The average Bonchev–Trinajstić information content (AvgIpc) is 2.92. The summed E-state index contributed by atoms with van der Waals surface area (Å²) in [5.41, 5.74) is 0.528. The van der Waals surface area contributed by atoms with Gasteiger partial charge < -0.3 is 8.92 Å². The lowest BCUT2D eigenvalue weighted by molar-refractivity contribution is -0.115. The number of hydrogen-bond donors (Lipinski definition) is 1. The third kappa shape index (κ3) is 4.06. The van der Waals surface area contributed by atoms with Gasteiger partial charge in [-0.15, -0.1) is 0 Å². The zero-order valence-corrected chi connectivity index (χ0v) is 15.1. The van der Waals surface area contributed by atoms with Crippen molar-refractivity contribution >= 4 is 39.1 Å². The van der Waals surface area contributed by atoms with E-state index in [-0.39, 0.29) is 15.6 Å². The lowest BCUT2D eigenvalue weighted by Gasteiger charge is -2.08. The number of carbonyl (C=O) groups excluding carboxylic acids is 2. The molecule has 1 fully saturated rings. The topological polar surface area (TPSA) is 98.8 Å². The first kappa shape index (κ1) is 18.0. The van der Waals surface area contributed by atoms with Crippen molar-refractivity contribution in [3.05, 3.63) is 59.0 Å². The van der Waals surface area contributed by atoms with Crippen LogP contribution in [-0.2, 0) is 14.9 Å². The van der Waals surface area contributed by atoms with Crippen LogP contribution in [0.2, 0.25) is 0 Å². The Balaban J connectivity index is 1.83. The van der Waals surface area contributed by atoms with Crippen LogP contribution < -0.4 is 14.2 Å². The highest BCUT2D eigenvalue weighted by atomic mass is 32.2. The minimum atomic E-state index is -4.02. The summed E-state index contributed by atoms with van der Waals surface area (Å²) in [5, 5.41) is 1.70. The molecule has 0 radical (unpaired) electrons. The molecule has 2 aromatic carbocycles. The van der Waals surface area contributed by atoms with E-state index in [1.165, 1.54) is 49.6 Å². The van der Waals surface area contributed by atoms with Gasteiger partial charge in [0.25, 0.3) is 11.1 Å². The van der Waals surface area contributed by atoms with Crippen LogP contribution in [0.4, 0.5) is 4.79 Å². The predicted molar refractivity (Wildman–Crippen MR) is 96.4 cm³/mol. The molecule has 9 heteroatoms. The first-order chi connectivity index (χ1) is 12.4. The fourth-order valence-corrected chi connectivity index (χ4v) is 3.75. The Hall–Kier alpha value is -2.78. The molecule has 0 bridgehead atoms. The molecule has 0 spiro atoms. The summed E-state index contributed by atoms with van der Waals surface area (Å²) in [5.74, 6) is 0.126. The highest BCUT2D eigenvalue weighted by Gasteiger charge is 2.25. The maximum Gasteiger partial charge on any atom is 0.339 e. The van der Waals surface area contributed by atoms with Crippen molar-refractivity contribution in [2.24, 2.45) is 0 Å². The minimum Gasteiger partial charge on any atom is -0.497 e. The molecule has 2 aromatic rings. The molecular formula is C17H13NO6S2. The van der Waals surface area contributed by atoms with E-state index in [4.69, 9.17) is 8.92 Å². The van der Waals surface area contributed by atoms with Crippen molar-refractivity contribution in [3.63, 3.8) is 0 Å². The maximum atomic E-state index is 12.4. The molecule has 3 rings (SSSR count). The lowest BCUT2D eigenvalue weighted by atomic mass is 10.2. The minimum absolute atomic E-state index is 0.0154. The van der Waals surface area contributed by atoms with Gasteiger partial charge in [-0.3, -0.25) is 14.9 Å². The van der Waals surface area contributed by atoms with Gasteiger partial charge in [-0.1, -0.05) is 12.1 Å². The molecule has 1 aliphatic heterocycles. The number of methoxy groups -OCH3 is 1. The third-order valence-electron chi connectivity index (χ3n) is 3.35. The van der Waals surface area contributed by atoms with Crippen molar-refractivity contribution in [1.29, 1.82) is 0 Å². The number of nitrogens with one attached hydrogen (secondary N) is 1. The summed E-state index contributed by atoms with van der Waals surface area (Å²) >= 11 is 0.778. The molecule has 1 heterocycles. The molecule has 0 saturated carbocycles. The fraction of sp³-hybridized carbons (Fsp3) is 0.0588. The Bertz CT molecular complexity index is 996. The van der Waals surface area contributed by atoms with Crippen molar-refractivity contribution in [2.45, 2.75) is 4.90 Å². The van der Waals surface area contributed by atoms with Gasteiger partial charge in [0.1, 0.15) is 16.4 Å². The second-order valence-electron chi connectivity index (χ2n) is 5.14. The molecule has 0 atom stereocenters. The standard InChI is InChI=1S/C17H13NO6S2/c1-23-12-5-7-14(8-6-12)26(21,22)24-13-4-2-3-11(9-13)10-15-16(19)18-17(20)25-15/h2-10H,1H3,(H,18,19,20)/b15-10-. The summed E-state index contributed by atoms with van der Waals surface area (Å²) in [7, 11) is -2.53. The molecule has 0 aromatic heterocycles. The van der Waals surface area contributed by atoms with E-state index >= 15 is 0 Å². The highest BCUT2D eigenvalue weighted by Crippen LogP contribution is 2.27. The summed E-state index contributed by atoms with van der Waals surface area (Å²) in [6, 6.07) is 12.0. The zero-order valence-electron chi connectivity index (χ0n) is 13.5. The highest BCUT2D eigenvalue weighted by molar-refractivity contribution is 8.18. The van der Waals surface area contributed by atoms with E-state index in [1.54, 1.807) is 12.1 Å². The molecule has 7 nitrogen and oxygen atoms in total. The van der Waals surface area contributed by atoms with Crippen LogP contribution in [0.25, 0.3) is 6.08 Å². The second-order valence-corrected chi connectivity index (χ2v) is 7.70. The van der Waals surface area contributed by atoms with Crippen molar-refractivity contribution < 1.29 is 26.9 Å². The van der Waals surface area contributed by atoms with E-state index in [0.29, 0.717) is 11.3 Å². The van der Waals surface area contributed by atoms with E-state index < -0.39 is 21.3 Å². The Morgan fingerprint density at radius 2 is 1.77 bits per heavy atom. The third-order valence-corrected chi connectivity index (χ3v) is 5.42. The van der Waals surface area contributed by atoms with Crippen LogP contribution in [0.5, 0.6) is 11.5 Å². The summed E-state index contributed by atoms with van der Waals surface area (Å²) < 4.78 is 34.9. The smallest absolute Gasteiger partial charge is 0.339 e. The number of imide groups is 1. The molecule has 0 unspecified atom stereocenters. The molecule has 26 heavy (non-hydrogen) atoms. The fourth-order valence-electron chi connectivity index (χ4n) is 2.15. The lowest BCUT2D eigenvalue weighted by Crippen LogP contribution is -2.17. The van der Waals surface area contributed by atoms with Gasteiger partial charge in [0.2, 0.25) is 0 Å². The van der Waals surface area contributed by atoms with Crippen molar-refractivity contribution in [3.8, 4) is 11.5 Å². The number of carbonyl (C=O) groups is 2. The molecule has 1 aliphatic rings. The van der Waals surface area contributed by atoms with Gasteiger partial charge >= 0.3 is 10.1 Å². The maximum absolute atomic E-state index is 12.4. The Kier molecular flexibility index (Phi) is 5.01. The second kappa shape index (κ2) is 7.22. The molecule has 0 aliphatic carbocycles.